The molecular formula is C18H30BrN3O. The van der Waals surface area contributed by atoms with Gasteiger partial charge in [0.05, 0.1) is 6.04 Å². The molecule has 23 heavy (non-hydrogen) atoms. The molecule has 4 nitrogen and oxygen atoms in total. The molecule has 1 aromatic carbocycles. The predicted octanol–water partition coefficient (Wildman–Crippen LogP) is 3.86. The molecule has 0 spiro atoms. The first kappa shape index (κ1) is 20.0. The highest BCUT2D eigenvalue weighted by molar-refractivity contribution is 9.10. The highest BCUT2D eigenvalue weighted by Gasteiger charge is 2.12. The summed E-state index contributed by atoms with van der Waals surface area (Å²) in [6.07, 6.45) is 3.04. The van der Waals surface area contributed by atoms with Crippen LogP contribution in [0.5, 0.6) is 0 Å². The molecule has 0 radical (unpaired) electrons. The van der Waals surface area contributed by atoms with Crippen molar-refractivity contribution in [2.45, 2.75) is 46.1 Å². The molecule has 2 unspecified atom stereocenters. The van der Waals surface area contributed by atoms with Gasteiger partial charge in [0.2, 0.25) is 0 Å². The van der Waals surface area contributed by atoms with Crippen molar-refractivity contribution in [3.8, 4) is 0 Å². The molecule has 0 aliphatic rings. The second-order valence-electron chi connectivity index (χ2n) is 5.77. The summed E-state index contributed by atoms with van der Waals surface area (Å²) >= 11 is 3.60. The van der Waals surface area contributed by atoms with Crippen LogP contribution in [0.2, 0.25) is 0 Å². The van der Waals surface area contributed by atoms with Gasteiger partial charge in [0.1, 0.15) is 0 Å². The average Bonchev–Trinajstić information content (AvgIpc) is 2.53. The van der Waals surface area contributed by atoms with Gasteiger partial charge >= 0.3 is 0 Å². The minimum atomic E-state index is 0.158. The lowest BCUT2D eigenvalue weighted by atomic mass is 10.0. The Labute approximate surface area is 148 Å². The molecule has 1 rings (SSSR count). The summed E-state index contributed by atoms with van der Waals surface area (Å²) in [7, 11) is 0. The average molecular weight is 384 g/mol. The van der Waals surface area contributed by atoms with Crippen LogP contribution in [-0.2, 0) is 0 Å². The van der Waals surface area contributed by atoms with E-state index in [1.807, 2.05) is 12.1 Å². The van der Waals surface area contributed by atoms with E-state index in [4.69, 9.17) is 4.99 Å². The zero-order chi connectivity index (χ0) is 17.1. The maximum absolute atomic E-state index is 9.17. The van der Waals surface area contributed by atoms with Crippen molar-refractivity contribution in [2.24, 2.45) is 10.9 Å². The van der Waals surface area contributed by atoms with Gasteiger partial charge in [-0.25, -0.2) is 0 Å². The standard InChI is InChI=1S/C18H30BrN3O/c1-4-8-15(11-12-23)13-21-18(20-5-2)22-14(3)16-9-6-7-10-17(16)19/h6-7,9-10,14-15,23H,4-5,8,11-13H2,1-3H3,(H2,20,21,22). The largest absolute Gasteiger partial charge is 0.396 e. The molecule has 130 valence electrons. The Morgan fingerprint density at radius 1 is 1.26 bits per heavy atom. The van der Waals surface area contributed by atoms with Crippen LogP contribution in [0, 0.1) is 5.92 Å². The number of aliphatic hydroxyl groups is 1. The Morgan fingerprint density at radius 3 is 2.61 bits per heavy atom. The van der Waals surface area contributed by atoms with E-state index in [1.54, 1.807) is 0 Å². The molecule has 5 heteroatoms. The molecule has 0 saturated carbocycles. The van der Waals surface area contributed by atoms with E-state index in [1.165, 1.54) is 5.56 Å². The highest BCUT2D eigenvalue weighted by atomic mass is 79.9. The third-order valence-corrected chi connectivity index (χ3v) is 4.53. The molecule has 0 aliphatic heterocycles. The van der Waals surface area contributed by atoms with Crippen LogP contribution in [0.4, 0.5) is 0 Å². The van der Waals surface area contributed by atoms with Crippen LogP contribution >= 0.6 is 15.9 Å². The fraction of sp³-hybridized carbons (Fsp3) is 0.611. The number of hydrogen-bond acceptors (Lipinski definition) is 2. The number of rotatable bonds is 9. The summed E-state index contributed by atoms with van der Waals surface area (Å²) in [6, 6.07) is 8.38. The van der Waals surface area contributed by atoms with Crippen molar-refractivity contribution >= 4 is 21.9 Å². The van der Waals surface area contributed by atoms with E-state index in [2.05, 4.69) is 59.5 Å². The maximum Gasteiger partial charge on any atom is 0.191 e. The Balaban J connectivity index is 2.73. The molecule has 0 fully saturated rings. The van der Waals surface area contributed by atoms with Crippen LogP contribution in [0.1, 0.15) is 51.6 Å². The Bertz CT molecular complexity index is 473. The van der Waals surface area contributed by atoms with E-state index in [0.717, 1.165) is 42.8 Å². The third kappa shape index (κ3) is 7.36. The van der Waals surface area contributed by atoms with Gasteiger partial charge in [-0.1, -0.05) is 47.5 Å². The minimum absolute atomic E-state index is 0.158. The fourth-order valence-corrected chi connectivity index (χ4v) is 3.20. The third-order valence-electron chi connectivity index (χ3n) is 3.81. The van der Waals surface area contributed by atoms with E-state index < -0.39 is 0 Å². The molecule has 0 aromatic heterocycles. The molecule has 0 amide bonds. The van der Waals surface area contributed by atoms with Crippen molar-refractivity contribution in [3.63, 3.8) is 0 Å². The molecule has 2 atom stereocenters. The van der Waals surface area contributed by atoms with Crippen LogP contribution < -0.4 is 10.6 Å². The number of nitrogens with one attached hydrogen (secondary N) is 2. The number of nitrogens with zero attached hydrogens (tertiary/aromatic N) is 1. The summed E-state index contributed by atoms with van der Waals surface area (Å²) in [6.45, 7) is 8.17. The summed E-state index contributed by atoms with van der Waals surface area (Å²) < 4.78 is 1.10. The van der Waals surface area contributed by atoms with E-state index in [9.17, 15) is 5.11 Å². The van der Waals surface area contributed by atoms with Crippen molar-refractivity contribution in [2.75, 3.05) is 19.7 Å². The lowest BCUT2D eigenvalue weighted by molar-refractivity contribution is 0.253. The highest BCUT2D eigenvalue weighted by Crippen LogP contribution is 2.22. The second-order valence-corrected chi connectivity index (χ2v) is 6.63. The van der Waals surface area contributed by atoms with Gasteiger partial charge in [0.25, 0.3) is 0 Å². The first-order valence-corrected chi connectivity index (χ1v) is 9.31. The summed E-state index contributed by atoms with van der Waals surface area (Å²) in [5, 5.41) is 15.9. The second kappa shape index (κ2) is 11.5. The fourth-order valence-electron chi connectivity index (χ4n) is 2.57. The lowest BCUT2D eigenvalue weighted by Gasteiger charge is -2.20. The Morgan fingerprint density at radius 2 is 2.00 bits per heavy atom. The first-order chi connectivity index (χ1) is 11.1. The van der Waals surface area contributed by atoms with E-state index >= 15 is 0 Å². The number of guanidine groups is 1. The summed E-state index contributed by atoms with van der Waals surface area (Å²) in [4.78, 5) is 4.71. The summed E-state index contributed by atoms with van der Waals surface area (Å²) in [5.74, 6) is 1.27. The number of aliphatic imine (C=N–C) groups is 1. The van der Waals surface area contributed by atoms with Crippen molar-refractivity contribution in [3.05, 3.63) is 34.3 Å². The molecular weight excluding hydrogens is 354 g/mol. The first-order valence-electron chi connectivity index (χ1n) is 8.52. The van der Waals surface area contributed by atoms with E-state index in [0.29, 0.717) is 5.92 Å². The molecule has 1 aromatic rings. The maximum atomic E-state index is 9.17. The van der Waals surface area contributed by atoms with Gasteiger partial charge in [-0.3, -0.25) is 4.99 Å². The number of benzene rings is 1. The lowest BCUT2D eigenvalue weighted by Crippen LogP contribution is -2.39. The summed E-state index contributed by atoms with van der Waals surface area (Å²) in [5.41, 5.74) is 1.21. The van der Waals surface area contributed by atoms with Gasteiger partial charge in [-0.15, -0.1) is 0 Å². The van der Waals surface area contributed by atoms with Crippen molar-refractivity contribution in [1.29, 1.82) is 0 Å². The molecule has 0 heterocycles. The van der Waals surface area contributed by atoms with Crippen molar-refractivity contribution < 1.29 is 5.11 Å². The predicted molar refractivity (Wildman–Crippen MR) is 102 cm³/mol. The number of hydrogen-bond donors (Lipinski definition) is 3. The smallest absolute Gasteiger partial charge is 0.191 e. The van der Waals surface area contributed by atoms with Crippen LogP contribution in [0.25, 0.3) is 0 Å². The minimum Gasteiger partial charge on any atom is -0.396 e. The van der Waals surface area contributed by atoms with Crippen LogP contribution in [0.15, 0.2) is 33.7 Å². The molecule has 0 saturated heterocycles. The molecule has 3 N–H and O–H groups in total. The van der Waals surface area contributed by atoms with Gasteiger partial charge in [0.15, 0.2) is 5.96 Å². The molecule has 0 bridgehead atoms. The Kier molecular flexibility index (Phi) is 9.96. The van der Waals surface area contributed by atoms with Gasteiger partial charge in [0, 0.05) is 24.2 Å². The molecule has 0 aliphatic carbocycles. The zero-order valence-electron chi connectivity index (χ0n) is 14.5. The zero-order valence-corrected chi connectivity index (χ0v) is 16.1. The monoisotopic (exact) mass is 383 g/mol. The van der Waals surface area contributed by atoms with E-state index in [-0.39, 0.29) is 12.6 Å². The quantitative estimate of drug-likeness (QED) is 0.448. The normalized spacial score (nSPS) is 14.4. The number of aliphatic hydroxyl groups excluding tert-OH is 1. The number of halogens is 1. The SMILES string of the molecule is CCCC(CCO)CN=C(NCC)NC(C)c1ccccc1Br. The van der Waals surface area contributed by atoms with Crippen molar-refractivity contribution in [1.82, 2.24) is 10.6 Å². The van der Waals surface area contributed by atoms with Gasteiger partial charge < -0.3 is 15.7 Å². The van der Waals surface area contributed by atoms with Gasteiger partial charge in [-0.05, 0) is 44.2 Å². The Hall–Kier alpha value is -1.07. The van der Waals surface area contributed by atoms with Crippen LogP contribution in [-0.4, -0.2) is 30.8 Å². The topological polar surface area (TPSA) is 56.7 Å². The van der Waals surface area contributed by atoms with Gasteiger partial charge in [-0.2, -0.15) is 0 Å². The van der Waals surface area contributed by atoms with Crippen LogP contribution in [0.3, 0.4) is 0 Å².